The monoisotopic (exact) mass is 200 g/mol. The molecule has 0 saturated carbocycles. The molecule has 0 spiro atoms. The molecule has 1 fully saturated rings. The van der Waals surface area contributed by atoms with Crippen LogP contribution >= 0.6 is 0 Å². The van der Waals surface area contributed by atoms with Crippen LogP contribution in [0.2, 0.25) is 0 Å². The SMILES string of the molecule is CC(CCCO)NC(=O)[C@@H]1CCCN1. The van der Waals surface area contributed by atoms with E-state index in [0.29, 0.717) is 0 Å². The fourth-order valence-electron chi connectivity index (χ4n) is 1.72. The highest BCUT2D eigenvalue weighted by Gasteiger charge is 2.22. The van der Waals surface area contributed by atoms with Crippen LogP contribution in [0.1, 0.15) is 32.6 Å². The number of amides is 1. The van der Waals surface area contributed by atoms with Gasteiger partial charge in [-0.1, -0.05) is 0 Å². The maximum absolute atomic E-state index is 11.6. The van der Waals surface area contributed by atoms with Crippen molar-refractivity contribution in [2.75, 3.05) is 13.2 Å². The van der Waals surface area contributed by atoms with E-state index in [1.165, 1.54) is 0 Å². The lowest BCUT2D eigenvalue weighted by Crippen LogP contribution is -2.44. The van der Waals surface area contributed by atoms with Gasteiger partial charge in [0, 0.05) is 12.6 Å². The molecule has 1 aliphatic heterocycles. The summed E-state index contributed by atoms with van der Waals surface area (Å²) in [6, 6.07) is 0.170. The van der Waals surface area contributed by atoms with E-state index in [2.05, 4.69) is 10.6 Å². The molecule has 1 aliphatic rings. The molecule has 82 valence electrons. The Morgan fingerprint density at radius 2 is 2.50 bits per heavy atom. The van der Waals surface area contributed by atoms with E-state index in [1.54, 1.807) is 0 Å². The molecule has 1 saturated heterocycles. The van der Waals surface area contributed by atoms with E-state index in [1.807, 2.05) is 6.92 Å². The summed E-state index contributed by atoms with van der Waals surface area (Å²) < 4.78 is 0. The number of aliphatic hydroxyl groups excluding tert-OH is 1. The first-order valence-corrected chi connectivity index (χ1v) is 5.38. The van der Waals surface area contributed by atoms with Crippen molar-refractivity contribution in [3.05, 3.63) is 0 Å². The highest BCUT2D eigenvalue weighted by atomic mass is 16.2. The normalized spacial score (nSPS) is 23.4. The molecule has 14 heavy (non-hydrogen) atoms. The van der Waals surface area contributed by atoms with Crippen molar-refractivity contribution in [1.82, 2.24) is 10.6 Å². The van der Waals surface area contributed by atoms with Gasteiger partial charge in [-0.3, -0.25) is 4.79 Å². The summed E-state index contributed by atoms with van der Waals surface area (Å²) in [4.78, 5) is 11.6. The van der Waals surface area contributed by atoms with Crippen molar-refractivity contribution < 1.29 is 9.90 Å². The molecule has 1 amide bonds. The zero-order valence-electron chi connectivity index (χ0n) is 8.75. The second-order valence-electron chi connectivity index (χ2n) is 3.92. The quantitative estimate of drug-likeness (QED) is 0.586. The van der Waals surface area contributed by atoms with Crippen LogP contribution in [0.15, 0.2) is 0 Å². The van der Waals surface area contributed by atoms with E-state index < -0.39 is 0 Å². The van der Waals surface area contributed by atoms with Gasteiger partial charge in [-0.25, -0.2) is 0 Å². The van der Waals surface area contributed by atoms with Crippen LogP contribution in [0.4, 0.5) is 0 Å². The molecule has 0 aliphatic carbocycles. The van der Waals surface area contributed by atoms with Crippen LogP contribution in [0.25, 0.3) is 0 Å². The van der Waals surface area contributed by atoms with Gasteiger partial charge in [0.05, 0.1) is 6.04 Å². The number of rotatable bonds is 5. The van der Waals surface area contributed by atoms with Crippen LogP contribution in [0, 0.1) is 0 Å². The Morgan fingerprint density at radius 1 is 1.71 bits per heavy atom. The maximum atomic E-state index is 11.6. The van der Waals surface area contributed by atoms with Crippen molar-refractivity contribution in [2.45, 2.75) is 44.7 Å². The van der Waals surface area contributed by atoms with Gasteiger partial charge < -0.3 is 15.7 Å². The predicted molar refractivity (Wildman–Crippen MR) is 54.9 cm³/mol. The average Bonchev–Trinajstić information content (AvgIpc) is 2.67. The zero-order valence-corrected chi connectivity index (χ0v) is 8.75. The summed E-state index contributed by atoms with van der Waals surface area (Å²) in [5, 5.41) is 14.7. The Hall–Kier alpha value is -0.610. The number of carbonyl (C=O) groups excluding carboxylic acids is 1. The Morgan fingerprint density at radius 3 is 3.07 bits per heavy atom. The van der Waals surface area contributed by atoms with Gasteiger partial charge in [-0.2, -0.15) is 0 Å². The van der Waals surface area contributed by atoms with Gasteiger partial charge in [0.2, 0.25) is 5.91 Å². The second kappa shape index (κ2) is 5.98. The summed E-state index contributed by atoms with van der Waals surface area (Å²) in [5.74, 6) is 0.105. The third kappa shape index (κ3) is 3.64. The van der Waals surface area contributed by atoms with Crippen LogP contribution in [0.3, 0.4) is 0 Å². The second-order valence-corrected chi connectivity index (χ2v) is 3.92. The highest BCUT2D eigenvalue weighted by molar-refractivity contribution is 5.82. The maximum Gasteiger partial charge on any atom is 0.237 e. The number of hydrogen-bond donors (Lipinski definition) is 3. The Balaban J connectivity index is 2.18. The molecule has 0 bridgehead atoms. The summed E-state index contributed by atoms with van der Waals surface area (Å²) in [5.41, 5.74) is 0. The summed E-state index contributed by atoms with van der Waals surface area (Å²) >= 11 is 0. The number of aliphatic hydroxyl groups is 1. The first-order valence-electron chi connectivity index (χ1n) is 5.38. The van der Waals surface area contributed by atoms with E-state index in [9.17, 15) is 4.79 Å². The minimum Gasteiger partial charge on any atom is -0.396 e. The van der Waals surface area contributed by atoms with Gasteiger partial charge in [0.15, 0.2) is 0 Å². The van der Waals surface area contributed by atoms with Gasteiger partial charge in [-0.15, -0.1) is 0 Å². The average molecular weight is 200 g/mol. The topological polar surface area (TPSA) is 61.4 Å². The lowest BCUT2D eigenvalue weighted by molar-refractivity contribution is -0.123. The highest BCUT2D eigenvalue weighted by Crippen LogP contribution is 2.05. The first kappa shape index (κ1) is 11.5. The molecule has 1 heterocycles. The molecule has 0 aromatic carbocycles. The molecule has 2 atom stereocenters. The summed E-state index contributed by atoms with van der Waals surface area (Å²) in [6.07, 6.45) is 3.62. The minimum absolute atomic E-state index is 0.00609. The van der Waals surface area contributed by atoms with Crippen molar-refractivity contribution in [3.8, 4) is 0 Å². The van der Waals surface area contributed by atoms with Gasteiger partial charge in [0.25, 0.3) is 0 Å². The van der Waals surface area contributed by atoms with E-state index in [4.69, 9.17) is 5.11 Å². The number of carbonyl (C=O) groups is 1. The largest absolute Gasteiger partial charge is 0.396 e. The van der Waals surface area contributed by atoms with E-state index >= 15 is 0 Å². The molecule has 3 N–H and O–H groups in total. The molecule has 4 nitrogen and oxygen atoms in total. The lowest BCUT2D eigenvalue weighted by Gasteiger charge is -2.16. The van der Waals surface area contributed by atoms with Crippen LogP contribution in [-0.4, -0.2) is 36.2 Å². The van der Waals surface area contributed by atoms with Gasteiger partial charge in [-0.05, 0) is 39.2 Å². The fraction of sp³-hybridized carbons (Fsp3) is 0.900. The Bertz CT molecular complexity index is 179. The minimum atomic E-state index is 0.00609. The van der Waals surface area contributed by atoms with Crippen molar-refractivity contribution in [1.29, 1.82) is 0 Å². The molecule has 1 unspecified atom stereocenters. The standard InChI is InChI=1S/C10H20N2O2/c1-8(4-3-7-13)12-10(14)9-5-2-6-11-9/h8-9,11,13H,2-7H2,1H3,(H,12,14)/t8?,9-/m0/s1. The van der Waals surface area contributed by atoms with Gasteiger partial charge in [0.1, 0.15) is 0 Å². The van der Waals surface area contributed by atoms with E-state index in [0.717, 1.165) is 32.2 Å². The van der Waals surface area contributed by atoms with Crippen molar-refractivity contribution >= 4 is 5.91 Å². The van der Waals surface area contributed by atoms with Crippen LogP contribution in [-0.2, 0) is 4.79 Å². The van der Waals surface area contributed by atoms with Crippen LogP contribution in [0.5, 0.6) is 0 Å². The smallest absolute Gasteiger partial charge is 0.237 e. The number of hydrogen-bond acceptors (Lipinski definition) is 3. The third-order valence-corrected chi connectivity index (χ3v) is 2.56. The predicted octanol–water partition coefficient (Wildman–Crippen LogP) is 0.0156. The molecule has 4 heteroatoms. The first-order chi connectivity index (χ1) is 6.74. The fourth-order valence-corrected chi connectivity index (χ4v) is 1.72. The molecule has 0 aromatic rings. The molecule has 0 aromatic heterocycles. The molecule has 1 rings (SSSR count). The molecular formula is C10H20N2O2. The van der Waals surface area contributed by atoms with Crippen molar-refractivity contribution in [3.63, 3.8) is 0 Å². The Kier molecular flexibility index (Phi) is 4.90. The number of nitrogens with one attached hydrogen (secondary N) is 2. The van der Waals surface area contributed by atoms with Crippen LogP contribution < -0.4 is 10.6 Å². The zero-order chi connectivity index (χ0) is 10.4. The summed E-state index contributed by atoms with van der Waals surface area (Å²) in [7, 11) is 0. The van der Waals surface area contributed by atoms with Crippen molar-refractivity contribution in [2.24, 2.45) is 0 Å². The third-order valence-electron chi connectivity index (χ3n) is 2.56. The molecular weight excluding hydrogens is 180 g/mol. The Labute approximate surface area is 85.1 Å². The van der Waals surface area contributed by atoms with E-state index in [-0.39, 0.29) is 24.6 Å². The molecule has 0 radical (unpaired) electrons. The van der Waals surface area contributed by atoms with Gasteiger partial charge >= 0.3 is 0 Å². The lowest BCUT2D eigenvalue weighted by atomic mass is 10.1. The summed E-state index contributed by atoms with van der Waals surface area (Å²) in [6.45, 7) is 3.12.